The molecule has 108 valence electrons. The molecule has 0 aliphatic rings. The Labute approximate surface area is 126 Å². The Morgan fingerprint density at radius 3 is 2.68 bits per heavy atom. The molecule has 6 nitrogen and oxygen atoms in total. The zero-order valence-corrected chi connectivity index (χ0v) is 11.6. The summed E-state index contributed by atoms with van der Waals surface area (Å²) in [5.74, 6) is -0.289. The molecule has 0 spiro atoms. The second-order valence-corrected chi connectivity index (χ2v) is 4.50. The van der Waals surface area contributed by atoms with Crippen LogP contribution in [-0.4, -0.2) is 27.3 Å². The van der Waals surface area contributed by atoms with Crippen molar-refractivity contribution in [3.8, 4) is 11.3 Å². The monoisotopic (exact) mass is 291 g/mol. The molecule has 22 heavy (non-hydrogen) atoms. The first-order valence-corrected chi connectivity index (χ1v) is 6.67. The fraction of sp³-hybridized carbons (Fsp3) is 0. The number of nitrogens with zero attached hydrogens (tertiary/aromatic N) is 3. The van der Waals surface area contributed by atoms with Gasteiger partial charge in [0.1, 0.15) is 0 Å². The van der Waals surface area contributed by atoms with Crippen molar-refractivity contribution in [1.29, 1.82) is 0 Å². The van der Waals surface area contributed by atoms with Gasteiger partial charge in [-0.1, -0.05) is 30.3 Å². The summed E-state index contributed by atoms with van der Waals surface area (Å²) in [7, 11) is 0. The molecule has 1 amide bonds. The van der Waals surface area contributed by atoms with Gasteiger partial charge in [0.2, 0.25) is 0 Å². The average molecular weight is 291 g/mol. The van der Waals surface area contributed by atoms with Crippen LogP contribution in [0, 0.1) is 0 Å². The molecule has 1 aromatic carbocycles. The summed E-state index contributed by atoms with van der Waals surface area (Å²) in [6.45, 7) is 0. The highest BCUT2D eigenvalue weighted by Gasteiger charge is 2.06. The molecular weight excluding hydrogens is 278 g/mol. The van der Waals surface area contributed by atoms with Crippen LogP contribution in [0.4, 0.5) is 0 Å². The van der Waals surface area contributed by atoms with E-state index in [4.69, 9.17) is 0 Å². The van der Waals surface area contributed by atoms with Crippen molar-refractivity contribution >= 4 is 12.1 Å². The average Bonchev–Trinajstić information content (AvgIpc) is 3.05. The lowest BCUT2D eigenvalue weighted by molar-refractivity contribution is 0.0955. The molecule has 3 aromatic rings. The second kappa shape index (κ2) is 6.45. The summed E-state index contributed by atoms with van der Waals surface area (Å²) in [6.07, 6.45) is 6.33. The van der Waals surface area contributed by atoms with Crippen LogP contribution in [0.2, 0.25) is 0 Å². The van der Waals surface area contributed by atoms with Gasteiger partial charge in [-0.2, -0.15) is 10.2 Å². The van der Waals surface area contributed by atoms with Crippen LogP contribution in [0.25, 0.3) is 11.3 Å². The minimum absolute atomic E-state index is 0.289. The number of hydrogen-bond acceptors (Lipinski definition) is 4. The minimum atomic E-state index is -0.289. The lowest BCUT2D eigenvalue weighted by atomic mass is 10.1. The molecule has 0 bridgehead atoms. The fourth-order valence-electron chi connectivity index (χ4n) is 1.96. The zero-order chi connectivity index (χ0) is 15.2. The van der Waals surface area contributed by atoms with E-state index in [0.29, 0.717) is 5.56 Å². The van der Waals surface area contributed by atoms with Crippen LogP contribution in [0.1, 0.15) is 15.9 Å². The number of hydrazone groups is 1. The van der Waals surface area contributed by atoms with Crippen molar-refractivity contribution in [3.63, 3.8) is 0 Å². The van der Waals surface area contributed by atoms with E-state index >= 15 is 0 Å². The molecule has 0 aliphatic heterocycles. The van der Waals surface area contributed by atoms with Gasteiger partial charge in [0.15, 0.2) is 0 Å². The number of rotatable bonds is 4. The van der Waals surface area contributed by atoms with Crippen LogP contribution in [0.3, 0.4) is 0 Å². The standard InChI is InChI=1S/C16H13N5O/c22-16(13-6-8-17-9-7-13)21-19-11-14-10-18-20-15(14)12-4-2-1-3-5-12/h1-11H,(H,18,20)(H,21,22)/b19-11+. The van der Waals surface area contributed by atoms with E-state index in [9.17, 15) is 4.79 Å². The first-order chi connectivity index (χ1) is 10.8. The lowest BCUT2D eigenvalue weighted by Gasteiger charge is -2.00. The largest absolute Gasteiger partial charge is 0.277 e. The normalized spacial score (nSPS) is 10.7. The van der Waals surface area contributed by atoms with E-state index in [-0.39, 0.29) is 5.91 Å². The van der Waals surface area contributed by atoms with E-state index in [1.807, 2.05) is 30.3 Å². The van der Waals surface area contributed by atoms with Crippen molar-refractivity contribution in [2.24, 2.45) is 5.10 Å². The zero-order valence-electron chi connectivity index (χ0n) is 11.6. The van der Waals surface area contributed by atoms with Crippen LogP contribution in [0.15, 0.2) is 66.2 Å². The van der Waals surface area contributed by atoms with Gasteiger partial charge in [-0.05, 0) is 12.1 Å². The highest BCUT2D eigenvalue weighted by Crippen LogP contribution is 2.18. The predicted octanol–water partition coefficient (Wildman–Crippen LogP) is 2.24. The summed E-state index contributed by atoms with van der Waals surface area (Å²) in [5, 5.41) is 10.9. The van der Waals surface area contributed by atoms with Crippen LogP contribution >= 0.6 is 0 Å². The maximum atomic E-state index is 11.9. The summed E-state index contributed by atoms with van der Waals surface area (Å²) in [5.41, 5.74) is 5.62. The van der Waals surface area contributed by atoms with Crippen molar-refractivity contribution in [3.05, 3.63) is 72.2 Å². The quantitative estimate of drug-likeness (QED) is 0.571. The molecule has 0 radical (unpaired) electrons. The topological polar surface area (TPSA) is 83.0 Å². The Morgan fingerprint density at radius 1 is 1.14 bits per heavy atom. The van der Waals surface area contributed by atoms with Crippen LogP contribution < -0.4 is 5.43 Å². The summed E-state index contributed by atoms with van der Waals surface area (Å²) < 4.78 is 0. The minimum Gasteiger partial charge on any atom is -0.277 e. The van der Waals surface area contributed by atoms with Crippen LogP contribution in [0.5, 0.6) is 0 Å². The number of carbonyl (C=O) groups is 1. The number of aromatic nitrogens is 3. The van der Waals surface area contributed by atoms with Gasteiger partial charge in [-0.15, -0.1) is 0 Å². The van der Waals surface area contributed by atoms with E-state index in [1.165, 1.54) is 0 Å². The molecule has 2 heterocycles. The first kappa shape index (κ1) is 13.7. The lowest BCUT2D eigenvalue weighted by Crippen LogP contribution is -2.17. The van der Waals surface area contributed by atoms with Gasteiger partial charge in [0.05, 0.1) is 18.1 Å². The summed E-state index contributed by atoms with van der Waals surface area (Å²) in [4.78, 5) is 15.7. The predicted molar refractivity (Wildman–Crippen MR) is 83.3 cm³/mol. The first-order valence-electron chi connectivity index (χ1n) is 6.67. The highest BCUT2D eigenvalue weighted by atomic mass is 16.2. The molecule has 6 heteroatoms. The summed E-state index contributed by atoms with van der Waals surface area (Å²) >= 11 is 0. The third-order valence-corrected chi connectivity index (χ3v) is 3.04. The molecule has 2 aromatic heterocycles. The molecule has 2 N–H and O–H groups in total. The Balaban J connectivity index is 1.72. The van der Waals surface area contributed by atoms with Gasteiger partial charge in [-0.3, -0.25) is 14.9 Å². The van der Waals surface area contributed by atoms with Gasteiger partial charge in [0.25, 0.3) is 5.91 Å². The molecule has 3 rings (SSSR count). The van der Waals surface area contributed by atoms with Crippen molar-refractivity contribution < 1.29 is 4.79 Å². The number of hydrogen-bond donors (Lipinski definition) is 2. The molecule has 0 fully saturated rings. The van der Waals surface area contributed by atoms with Crippen LogP contribution in [-0.2, 0) is 0 Å². The van der Waals surface area contributed by atoms with Gasteiger partial charge >= 0.3 is 0 Å². The van der Waals surface area contributed by atoms with Gasteiger partial charge in [-0.25, -0.2) is 5.43 Å². The Kier molecular flexibility index (Phi) is 4.01. The smallest absolute Gasteiger partial charge is 0.271 e. The Hall–Kier alpha value is -3.28. The highest BCUT2D eigenvalue weighted by molar-refractivity contribution is 5.95. The van der Waals surface area contributed by atoms with E-state index in [0.717, 1.165) is 16.8 Å². The van der Waals surface area contributed by atoms with E-state index in [2.05, 4.69) is 25.7 Å². The molecular formula is C16H13N5O. The number of carbonyl (C=O) groups excluding carboxylic acids is 1. The van der Waals surface area contributed by atoms with Gasteiger partial charge in [0, 0.05) is 29.1 Å². The Morgan fingerprint density at radius 2 is 1.91 bits per heavy atom. The number of benzene rings is 1. The maximum Gasteiger partial charge on any atom is 0.271 e. The third kappa shape index (κ3) is 3.06. The Bertz CT molecular complexity index is 781. The van der Waals surface area contributed by atoms with Gasteiger partial charge < -0.3 is 0 Å². The van der Waals surface area contributed by atoms with E-state index in [1.54, 1.807) is 36.9 Å². The number of aromatic amines is 1. The van der Waals surface area contributed by atoms with Crippen molar-refractivity contribution in [2.75, 3.05) is 0 Å². The van der Waals surface area contributed by atoms with E-state index < -0.39 is 0 Å². The fourth-order valence-corrected chi connectivity index (χ4v) is 1.96. The number of pyridine rings is 1. The SMILES string of the molecule is O=C(N/N=C/c1cn[nH]c1-c1ccccc1)c1ccncc1. The molecule has 0 aliphatic carbocycles. The number of H-pyrrole nitrogens is 1. The molecule has 0 saturated heterocycles. The van der Waals surface area contributed by atoms with Crippen molar-refractivity contribution in [1.82, 2.24) is 20.6 Å². The second-order valence-electron chi connectivity index (χ2n) is 4.50. The number of amides is 1. The maximum absolute atomic E-state index is 11.9. The summed E-state index contributed by atoms with van der Waals surface area (Å²) in [6, 6.07) is 13.0. The third-order valence-electron chi connectivity index (χ3n) is 3.04. The number of nitrogens with one attached hydrogen (secondary N) is 2. The molecule has 0 saturated carbocycles. The van der Waals surface area contributed by atoms with Crippen molar-refractivity contribution in [2.45, 2.75) is 0 Å². The molecule has 0 atom stereocenters. The molecule has 0 unspecified atom stereocenters.